The highest BCUT2D eigenvalue weighted by molar-refractivity contribution is 7.90. The number of benzene rings is 1. The minimum Gasteiger partial charge on any atom is -0.443 e. The third kappa shape index (κ3) is 6.55. The van der Waals surface area contributed by atoms with Crippen LogP contribution in [0.15, 0.2) is 52.5 Å². The number of carbonyl (C=O) groups is 2. The molecule has 0 aliphatic rings. The number of rotatable bonds is 4. The van der Waals surface area contributed by atoms with E-state index in [4.69, 9.17) is 9.47 Å². The van der Waals surface area contributed by atoms with Crippen molar-refractivity contribution < 1.29 is 27.5 Å². The van der Waals surface area contributed by atoms with Gasteiger partial charge in [0.2, 0.25) is 15.0 Å². The molecule has 0 saturated heterocycles. The number of aromatic nitrogens is 3. The largest absolute Gasteiger partial charge is 0.443 e. The molecule has 11 nitrogen and oxygen atoms in total. The first-order valence-corrected chi connectivity index (χ1v) is 13.7. The number of amides is 2. The lowest BCUT2D eigenvalue weighted by Crippen LogP contribution is -2.44. The van der Waals surface area contributed by atoms with Crippen LogP contribution >= 0.6 is 0 Å². The molecule has 0 N–H and O–H groups in total. The van der Waals surface area contributed by atoms with Crippen LogP contribution in [0.4, 0.5) is 15.3 Å². The van der Waals surface area contributed by atoms with Crippen molar-refractivity contribution in [3.05, 3.63) is 58.5 Å². The van der Waals surface area contributed by atoms with Crippen molar-refractivity contribution in [1.82, 2.24) is 14.5 Å². The van der Waals surface area contributed by atoms with Crippen LogP contribution in [0, 0.1) is 0 Å². The molecule has 3 aromatic rings. The molecule has 3 rings (SSSR count). The molecule has 0 fully saturated rings. The average Bonchev–Trinajstić information content (AvgIpc) is 2.76. The number of sulfone groups is 1. The smallest absolute Gasteiger partial charge is 0.424 e. The summed E-state index contributed by atoms with van der Waals surface area (Å²) in [4.78, 5) is 48.8. The first-order chi connectivity index (χ1) is 17.4. The Hall–Kier alpha value is -3.80. The summed E-state index contributed by atoms with van der Waals surface area (Å²) in [6.45, 7) is 11.5. The molecule has 2 heterocycles. The van der Waals surface area contributed by atoms with E-state index in [-0.39, 0.29) is 16.7 Å². The number of imide groups is 1. The minimum atomic E-state index is -3.86. The Morgan fingerprint density at radius 3 is 1.97 bits per heavy atom. The molecule has 1 atom stereocenters. The molecule has 2 amide bonds. The maximum atomic E-state index is 13.6. The van der Waals surface area contributed by atoms with Crippen molar-refractivity contribution in [3.63, 3.8) is 0 Å². The highest BCUT2D eigenvalue weighted by Gasteiger charge is 2.35. The summed E-state index contributed by atoms with van der Waals surface area (Å²) >= 11 is 0. The van der Waals surface area contributed by atoms with Crippen molar-refractivity contribution >= 4 is 38.7 Å². The van der Waals surface area contributed by atoms with Gasteiger partial charge in [0.05, 0.1) is 17.1 Å². The maximum absolute atomic E-state index is 13.6. The standard InChI is InChI=1S/C26H32N4O7S/c1-16(17-12-10-9-11-13-17)29-20(31)14-19(18-15-27-22(28-21(18)29)38(8,34)35)30(23(32)36-25(2,3)4)24(33)37-26(5,6)7/h9-16H,1-8H3/t16-/m1/s1. The van der Waals surface area contributed by atoms with E-state index < -0.39 is 50.0 Å². The second-order valence-electron chi connectivity index (χ2n) is 10.8. The second kappa shape index (κ2) is 10.2. The SMILES string of the molecule is C[C@H](c1ccccc1)n1c(=O)cc(N(C(=O)OC(C)(C)C)C(=O)OC(C)(C)C)c2cnc(S(C)(=O)=O)nc21. The van der Waals surface area contributed by atoms with Crippen LogP contribution < -0.4 is 10.5 Å². The molecular formula is C26H32N4O7S. The number of nitrogens with zero attached hydrogens (tertiary/aromatic N) is 4. The molecule has 12 heteroatoms. The zero-order chi connectivity index (χ0) is 28.6. The quantitative estimate of drug-likeness (QED) is 0.435. The number of hydrogen-bond acceptors (Lipinski definition) is 9. The Morgan fingerprint density at radius 2 is 1.50 bits per heavy atom. The van der Waals surface area contributed by atoms with Crippen LogP contribution in [0.25, 0.3) is 11.0 Å². The van der Waals surface area contributed by atoms with Gasteiger partial charge in [-0.1, -0.05) is 30.3 Å². The van der Waals surface area contributed by atoms with Gasteiger partial charge in [0.25, 0.3) is 5.56 Å². The summed E-state index contributed by atoms with van der Waals surface area (Å²) in [5.41, 5.74) is -2.15. The molecule has 204 valence electrons. The fourth-order valence-corrected chi connectivity index (χ4v) is 4.09. The van der Waals surface area contributed by atoms with Gasteiger partial charge in [0.1, 0.15) is 16.8 Å². The van der Waals surface area contributed by atoms with E-state index in [1.807, 2.05) is 18.2 Å². The summed E-state index contributed by atoms with van der Waals surface area (Å²) in [5.74, 6) is 0. The number of pyridine rings is 1. The number of fused-ring (bicyclic) bond motifs is 1. The molecule has 0 saturated carbocycles. The van der Waals surface area contributed by atoms with Crippen LogP contribution in [0.5, 0.6) is 0 Å². The fourth-order valence-electron chi connectivity index (χ4n) is 3.60. The van der Waals surface area contributed by atoms with Crippen molar-refractivity contribution in [3.8, 4) is 0 Å². The van der Waals surface area contributed by atoms with Gasteiger partial charge >= 0.3 is 12.2 Å². The highest BCUT2D eigenvalue weighted by atomic mass is 32.2. The van der Waals surface area contributed by atoms with Crippen LogP contribution in [-0.2, 0) is 19.3 Å². The molecule has 0 bridgehead atoms. The zero-order valence-corrected chi connectivity index (χ0v) is 23.5. The molecule has 0 aliphatic heterocycles. The van der Waals surface area contributed by atoms with E-state index in [0.717, 1.165) is 24.1 Å². The molecule has 0 spiro atoms. The van der Waals surface area contributed by atoms with Gasteiger partial charge in [-0.2, -0.15) is 9.88 Å². The molecule has 0 radical (unpaired) electrons. The summed E-state index contributed by atoms with van der Waals surface area (Å²) in [7, 11) is -3.86. The van der Waals surface area contributed by atoms with E-state index >= 15 is 0 Å². The minimum absolute atomic E-state index is 0.0662. The Bertz CT molecular complexity index is 1510. The summed E-state index contributed by atoms with van der Waals surface area (Å²) in [5, 5.41) is -0.451. The van der Waals surface area contributed by atoms with Crippen LogP contribution in [-0.4, -0.2) is 52.6 Å². The monoisotopic (exact) mass is 544 g/mol. The predicted octanol–water partition coefficient (Wildman–Crippen LogP) is 4.48. The van der Waals surface area contributed by atoms with E-state index in [1.54, 1.807) is 60.6 Å². The maximum Gasteiger partial charge on any atom is 0.424 e. The third-order valence-electron chi connectivity index (χ3n) is 5.14. The van der Waals surface area contributed by atoms with E-state index in [1.165, 1.54) is 4.57 Å². The van der Waals surface area contributed by atoms with Gasteiger partial charge < -0.3 is 9.47 Å². The number of ether oxygens (including phenoxy) is 2. The van der Waals surface area contributed by atoms with Gasteiger partial charge in [0, 0.05) is 18.5 Å². The first-order valence-electron chi connectivity index (χ1n) is 11.8. The molecule has 0 unspecified atom stereocenters. The summed E-state index contributed by atoms with van der Waals surface area (Å²) < 4.78 is 36.8. The molecule has 1 aromatic carbocycles. The lowest BCUT2D eigenvalue weighted by molar-refractivity contribution is 0.0431. The molecule has 38 heavy (non-hydrogen) atoms. The van der Waals surface area contributed by atoms with Crippen molar-refractivity contribution in [1.29, 1.82) is 0 Å². The van der Waals surface area contributed by atoms with Gasteiger partial charge in [0.15, 0.2) is 0 Å². The second-order valence-corrected chi connectivity index (χ2v) is 12.7. The lowest BCUT2D eigenvalue weighted by Gasteiger charge is -2.29. The van der Waals surface area contributed by atoms with Crippen LogP contribution in [0.1, 0.15) is 60.1 Å². The third-order valence-corrected chi connectivity index (χ3v) is 6.00. The summed E-state index contributed by atoms with van der Waals surface area (Å²) in [6.07, 6.45) is -0.0832. The Morgan fingerprint density at radius 1 is 0.974 bits per heavy atom. The Balaban J connectivity index is 2.38. The summed E-state index contributed by atoms with van der Waals surface area (Å²) in [6, 6.07) is 9.54. The van der Waals surface area contributed by atoms with Gasteiger partial charge in [-0.3, -0.25) is 9.36 Å². The predicted molar refractivity (Wildman–Crippen MR) is 142 cm³/mol. The van der Waals surface area contributed by atoms with Crippen molar-refractivity contribution in [2.45, 2.75) is 70.9 Å². The van der Waals surface area contributed by atoms with E-state index in [0.29, 0.717) is 4.90 Å². The van der Waals surface area contributed by atoms with E-state index in [9.17, 15) is 22.8 Å². The van der Waals surface area contributed by atoms with Gasteiger partial charge in [-0.15, -0.1) is 0 Å². The first kappa shape index (κ1) is 28.8. The van der Waals surface area contributed by atoms with Crippen molar-refractivity contribution in [2.75, 3.05) is 11.2 Å². The normalized spacial score (nSPS) is 13.2. The van der Waals surface area contributed by atoms with Crippen molar-refractivity contribution in [2.24, 2.45) is 0 Å². The lowest BCUT2D eigenvalue weighted by atomic mass is 10.1. The number of hydrogen-bond donors (Lipinski definition) is 0. The Labute approximate surface area is 221 Å². The molecule has 0 aliphatic carbocycles. The van der Waals surface area contributed by atoms with Gasteiger partial charge in [-0.25, -0.2) is 23.0 Å². The number of anilines is 1. The average molecular weight is 545 g/mol. The molecule has 2 aromatic heterocycles. The zero-order valence-electron chi connectivity index (χ0n) is 22.7. The highest BCUT2D eigenvalue weighted by Crippen LogP contribution is 2.30. The number of carbonyl (C=O) groups excluding carboxylic acids is 2. The topological polar surface area (TPSA) is 138 Å². The van der Waals surface area contributed by atoms with Crippen LogP contribution in [0.2, 0.25) is 0 Å². The van der Waals surface area contributed by atoms with E-state index in [2.05, 4.69) is 9.97 Å². The fraction of sp³-hybridized carbons (Fsp3) is 0.423. The molecular weight excluding hydrogens is 512 g/mol. The van der Waals surface area contributed by atoms with Crippen LogP contribution in [0.3, 0.4) is 0 Å². The Kier molecular flexibility index (Phi) is 7.69. The van der Waals surface area contributed by atoms with Gasteiger partial charge in [-0.05, 0) is 54.0 Å².